The van der Waals surface area contributed by atoms with Gasteiger partial charge in [-0.3, -0.25) is 0 Å². The van der Waals surface area contributed by atoms with Gasteiger partial charge in [0.2, 0.25) is 0 Å². The zero-order valence-electron chi connectivity index (χ0n) is 8.32. The van der Waals surface area contributed by atoms with Gasteiger partial charge in [-0.05, 0) is 36.3 Å². The van der Waals surface area contributed by atoms with E-state index in [0.717, 1.165) is 24.8 Å². The second-order valence-electron chi connectivity index (χ2n) is 4.06. The largest absolute Gasteiger partial charge is 0.389 e. The minimum absolute atomic E-state index is 0.269. The monoisotopic (exact) mass is 188 g/mol. The van der Waals surface area contributed by atoms with Gasteiger partial charge in [-0.15, -0.1) is 0 Å². The Labute approximate surface area is 85.1 Å². The summed E-state index contributed by atoms with van der Waals surface area (Å²) in [4.78, 5) is 0. The van der Waals surface area contributed by atoms with E-state index in [4.69, 9.17) is 0 Å². The molecule has 2 rings (SSSR count). The van der Waals surface area contributed by atoms with Gasteiger partial charge in [-0.25, -0.2) is 0 Å². The molecule has 0 bridgehead atoms. The quantitative estimate of drug-likeness (QED) is 0.672. The lowest BCUT2D eigenvalue weighted by Crippen LogP contribution is -2.19. The molecule has 14 heavy (non-hydrogen) atoms. The van der Waals surface area contributed by atoms with Crippen LogP contribution in [0, 0.1) is 0 Å². The van der Waals surface area contributed by atoms with Crippen LogP contribution in [0.3, 0.4) is 0 Å². The van der Waals surface area contributed by atoms with Gasteiger partial charge < -0.3 is 5.11 Å². The molecule has 0 saturated heterocycles. The Hall–Kier alpha value is -1.08. The van der Waals surface area contributed by atoms with Crippen molar-refractivity contribution in [1.82, 2.24) is 0 Å². The summed E-state index contributed by atoms with van der Waals surface area (Å²) >= 11 is 0. The first kappa shape index (κ1) is 9.47. The number of hydrogen-bond acceptors (Lipinski definition) is 1. The molecule has 1 fully saturated rings. The summed E-state index contributed by atoms with van der Waals surface area (Å²) in [7, 11) is 0. The smallest absolute Gasteiger partial charge is 0.0747 e. The summed E-state index contributed by atoms with van der Waals surface area (Å²) in [5.74, 6) is 0.562. The summed E-state index contributed by atoms with van der Waals surface area (Å²) in [5.41, 5.74) is 2.37. The van der Waals surface area contributed by atoms with E-state index in [1.165, 1.54) is 5.56 Å². The molecule has 0 aliphatic heterocycles. The van der Waals surface area contributed by atoms with Crippen LogP contribution in [0.5, 0.6) is 0 Å². The zero-order valence-corrected chi connectivity index (χ0v) is 8.32. The minimum Gasteiger partial charge on any atom is -0.389 e. The fourth-order valence-corrected chi connectivity index (χ4v) is 2.13. The summed E-state index contributed by atoms with van der Waals surface area (Å²) < 4.78 is 0. The van der Waals surface area contributed by atoms with E-state index in [1.54, 1.807) is 0 Å². The first-order valence-corrected chi connectivity index (χ1v) is 5.18. The van der Waals surface area contributed by atoms with Crippen LogP contribution in [0.4, 0.5) is 0 Å². The van der Waals surface area contributed by atoms with E-state index in [-0.39, 0.29) is 6.10 Å². The van der Waals surface area contributed by atoms with Crippen LogP contribution in [0.15, 0.2) is 42.5 Å². The lowest BCUT2D eigenvalue weighted by atomic mass is 9.80. The highest BCUT2D eigenvalue weighted by Crippen LogP contribution is 2.34. The lowest BCUT2D eigenvalue weighted by molar-refractivity contribution is 0.172. The van der Waals surface area contributed by atoms with E-state index >= 15 is 0 Å². The molecule has 0 amide bonds. The van der Waals surface area contributed by atoms with Crippen LogP contribution in [0.2, 0.25) is 0 Å². The predicted octanol–water partition coefficient (Wildman–Crippen LogP) is 2.87. The zero-order chi connectivity index (χ0) is 9.97. The van der Waals surface area contributed by atoms with Crippen molar-refractivity contribution in [2.45, 2.75) is 31.3 Å². The number of benzene rings is 1. The van der Waals surface area contributed by atoms with Crippen LogP contribution in [0.1, 0.15) is 30.7 Å². The molecule has 1 aliphatic carbocycles. The predicted molar refractivity (Wildman–Crippen MR) is 58.2 cm³/mol. The molecule has 74 valence electrons. The number of aliphatic hydroxyl groups excluding tert-OH is 1. The van der Waals surface area contributed by atoms with Gasteiger partial charge in [0.15, 0.2) is 0 Å². The van der Waals surface area contributed by atoms with Crippen LogP contribution in [0.25, 0.3) is 0 Å². The molecule has 0 aromatic heterocycles. The van der Waals surface area contributed by atoms with Crippen molar-refractivity contribution in [3.8, 4) is 0 Å². The van der Waals surface area contributed by atoms with Crippen molar-refractivity contribution >= 4 is 0 Å². The van der Waals surface area contributed by atoms with Crippen molar-refractivity contribution in [3.05, 3.63) is 48.0 Å². The maximum Gasteiger partial charge on any atom is 0.0747 e. The summed E-state index contributed by atoms with van der Waals surface area (Å²) in [6, 6.07) is 10.5. The van der Waals surface area contributed by atoms with Crippen molar-refractivity contribution < 1.29 is 5.11 Å². The Morgan fingerprint density at radius 1 is 1.14 bits per heavy atom. The van der Waals surface area contributed by atoms with E-state index in [1.807, 2.05) is 6.07 Å². The minimum atomic E-state index is -0.269. The van der Waals surface area contributed by atoms with E-state index in [2.05, 4.69) is 30.8 Å². The molecule has 1 heteroatoms. The van der Waals surface area contributed by atoms with Gasteiger partial charge in [-0.1, -0.05) is 36.9 Å². The Kier molecular flexibility index (Phi) is 2.69. The molecule has 1 saturated carbocycles. The Morgan fingerprint density at radius 3 is 2.50 bits per heavy atom. The average Bonchev–Trinajstić information content (AvgIpc) is 2.23. The van der Waals surface area contributed by atoms with Crippen LogP contribution in [-0.4, -0.2) is 11.2 Å². The lowest BCUT2D eigenvalue weighted by Gasteiger charge is -2.27. The Balaban J connectivity index is 2.11. The fraction of sp³-hybridized carbons (Fsp3) is 0.385. The van der Waals surface area contributed by atoms with Crippen molar-refractivity contribution in [3.63, 3.8) is 0 Å². The Bertz CT molecular complexity index is 315. The first-order valence-electron chi connectivity index (χ1n) is 5.18. The van der Waals surface area contributed by atoms with E-state index < -0.39 is 0 Å². The molecule has 0 spiro atoms. The number of rotatable bonds is 1. The van der Waals surface area contributed by atoms with E-state index in [9.17, 15) is 5.11 Å². The van der Waals surface area contributed by atoms with Crippen LogP contribution in [-0.2, 0) is 0 Å². The van der Waals surface area contributed by atoms with Gasteiger partial charge in [0.05, 0.1) is 6.10 Å². The van der Waals surface area contributed by atoms with Crippen molar-refractivity contribution in [2.75, 3.05) is 0 Å². The maximum absolute atomic E-state index is 9.54. The van der Waals surface area contributed by atoms with Gasteiger partial charge in [-0.2, -0.15) is 0 Å². The third-order valence-corrected chi connectivity index (χ3v) is 3.04. The van der Waals surface area contributed by atoms with Gasteiger partial charge in [0, 0.05) is 0 Å². The average molecular weight is 188 g/mol. The molecule has 1 N–H and O–H groups in total. The van der Waals surface area contributed by atoms with Gasteiger partial charge in [0.25, 0.3) is 0 Å². The third kappa shape index (κ3) is 1.88. The normalized spacial score (nSPS) is 27.6. The molecule has 1 aromatic rings. The molecule has 1 aromatic carbocycles. The summed E-state index contributed by atoms with van der Waals surface area (Å²) in [6.45, 7) is 3.92. The third-order valence-electron chi connectivity index (χ3n) is 3.04. The van der Waals surface area contributed by atoms with E-state index in [0.29, 0.717) is 5.92 Å². The summed E-state index contributed by atoms with van der Waals surface area (Å²) in [6.07, 6.45) is 2.60. The van der Waals surface area contributed by atoms with Crippen LogP contribution < -0.4 is 0 Å². The molecular formula is C13H16O. The van der Waals surface area contributed by atoms with Crippen molar-refractivity contribution in [2.24, 2.45) is 0 Å². The van der Waals surface area contributed by atoms with Crippen LogP contribution >= 0.6 is 0 Å². The second-order valence-corrected chi connectivity index (χ2v) is 4.06. The summed E-state index contributed by atoms with van der Waals surface area (Å²) in [5, 5.41) is 9.54. The van der Waals surface area contributed by atoms with Gasteiger partial charge in [0.1, 0.15) is 0 Å². The molecular weight excluding hydrogens is 172 g/mol. The van der Waals surface area contributed by atoms with Gasteiger partial charge >= 0.3 is 0 Å². The number of aliphatic hydroxyl groups is 1. The number of hydrogen-bond donors (Lipinski definition) is 1. The molecule has 2 unspecified atom stereocenters. The molecule has 1 aliphatic rings. The molecule has 0 radical (unpaired) electrons. The Morgan fingerprint density at radius 2 is 1.86 bits per heavy atom. The second kappa shape index (κ2) is 3.97. The molecule has 1 nitrogen and oxygen atoms in total. The van der Waals surface area contributed by atoms with Crippen molar-refractivity contribution in [1.29, 1.82) is 0 Å². The molecule has 2 atom stereocenters. The highest BCUT2D eigenvalue weighted by atomic mass is 16.3. The SMILES string of the molecule is C=C1CC(c2ccccc2)CCC1O. The molecule has 0 heterocycles. The topological polar surface area (TPSA) is 20.2 Å². The standard InChI is InChI=1S/C13H16O/c1-10-9-12(7-8-13(10)14)11-5-3-2-4-6-11/h2-6,12-14H,1,7-9H2. The first-order chi connectivity index (χ1) is 6.77. The fourth-order valence-electron chi connectivity index (χ4n) is 2.13. The highest BCUT2D eigenvalue weighted by Gasteiger charge is 2.23. The maximum atomic E-state index is 9.54. The highest BCUT2D eigenvalue weighted by molar-refractivity contribution is 5.23.